The minimum absolute atomic E-state index is 0.402. The summed E-state index contributed by atoms with van der Waals surface area (Å²) in [5.41, 5.74) is 5.76. The maximum atomic E-state index is 13.8. The maximum Gasteiger partial charge on any atom is 0.258 e. The summed E-state index contributed by atoms with van der Waals surface area (Å²) in [4.78, 5) is 12.0. The van der Waals surface area contributed by atoms with Gasteiger partial charge in [0, 0.05) is 10.2 Å². The fourth-order valence-corrected chi connectivity index (χ4v) is 2.07. The molecule has 0 aliphatic carbocycles. The molecule has 3 N–H and O–H groups in total. The number of amides is 1. The van der Waals surface area contributed by atoms with Gasteiger partial charge in [-0.1, -0.05) is 22.0 Å². The number of anilines is 2. The van der Waals surface area contributed by atoms with E-state index in [0.717, 1.165) is 22.2 Å². The molecule has 104 valence electrons. The molecule has 0 aromatic heterocycles. The number of halogens is 3. The van der Waals surface area contributed by atoms with Gasteiger partial charge in [-0.05, 0) is 36.8 Å². The van der Waals surface area contributed by atoms with E-state index in [1.165, 1.54) is 0 Å². The van der Waals surface area contributed by atoms with Crippen molar-refractivity contribution in [1.29, 1.82) is 0 Å². The summed E-state index contributed by atoms with van der Waals surface area (Å²) in [5, 5.41) is 2.53. The second-order valence-corrected chi connectivity index (χ2v) is 5.08. The zero-order valence-electron chi connectivity index (χ0n) is 10.5. The third kappa shape index (κ3) is 2.80. The number of carbonyl (C=O) groups excluding carboxylic acids is 1. The van der Waals surface area contributed by atoms with Gasteiger partial charge in [0.1, 0.15) is 5.82 Å². The monoisotopic (exact) mass is 340 g/mol. The first-order chi connectivity index (χ1) is 9.40. The van der Waals surface area contributed by atoms with Crippen LogP contribution in [0, 0.1) is 18.6 Å². The van der Waals surface area contributed by atoms with E-state index in [-0.39, 0.29) is 0 Å². The predicted octanol–water partition coefficient (Wildman–Crippen LogP) is 3.87. The van der Waals surface area contributed by atoms with E-state index in [0.29, 0.717) is 5.69 Å². The van der Waals surface area contributed by atoms with Gasteiger partial charge in [0.05, 0.1) is 11.3 Å². The van der Waals surface area contributed by atoms with Crippen molar-refractivity contribution in [1.82, 2.24) is 0 Å². The van der Waals surface area contributed by atoms with Gasteiger partial charge in [-0.3, -0.25) is 4.79 Å². The van der Waals surface area contributed by atoms with Crippen LogP contribution in [0.4, 0.5) is 20.2 Å². The van der Waals surface area contributed by atoms with E-state index in [2.05, 4.69) is 21.2 Å². The number of hydrogen-bond donors (Lipinski definition) is 2. The molecule has 0 unspecified atom stereocenters. The van der Waals surface area contributed by atoms with Crippen LogP contribution >= 0.6 is 15.9 Å². The third-order valence-electron chi connectivity index (χ3n) is 2.83. The number of carbonyl (C=O) groups is 1. The molecule has 0 aliphatic rings. The van der Waals surface area contributed by atoms with Crippen molar-refractivity contribution in [2.45, 2.75) is 6.92 Å². The van der Waals surface area contributed by atoms with Crippen molar-refractivity contribution in [2.24, 2.45) is 0 Å². The molecule has 3 nitrogen and oxygen atoms in total. The van der Waals surface area contributed by atoms with Gasteiger partial charge >= 0.3 is 0 Å². The Hall–Kier alpha value is -1.95. The van der Waals surface area contributed by atoms with Gasteiger partial charge in [0.25, 0.3) is 5.91 Å². The molecule has 6 heteroatoms. The van der Waals surface area contributed by atoms with Crippen LogP contribution in [0.3, 0.4) is 0 Å². The van der Waals surface area contributed by atoms with Crippen molar-refractivity contribution in [3.05, 3.63) is 57.6 Å². The van der Waals surface area contributed by atoms with Gasteiger partial charge in [-0.2, -0.15) is 0 Å². The van der Waals surface area contributed by atoms with Crippen LogP contribution < -0.4 is 11.1 Å². The Balaban J connectivity index is 2.36. The van der Waals surface area contributed by atoms with E-state index in [4.69, 9.17) is 5.73 Å². The molecule has 0 saturated heterocycles. The first kappa shape index (κ1) is 14.5. The lowest BCUT2D eigenvalue weighted by Gasteiger charge is -2.11. The molecular formula is C14H11BrF2N2O. The molecule has 1 amide bonds. The highest BCUT2D eigenvalue weighted by Crippen LogP contribution is 2.25. The zero-order valence-corrected chi connectivity index (χ0v) is 12.1. The molecule has 0 spiro atoms. The highest BCUT2D eigenvalue weighted by Gasteiger charge is 2.17. The Kier molecular flexibility index (Phi) is 4.04. The van der Waals surface area contributed by atoms with Crippen LogP contribution in [0.15, 0.2) is 34.8 Å². The molecular weight excluding hydrogens is 330 g/mol. The first-order valence-electron chi connectivity index (χ1n) is 5.71. The normalized spacial score (nSPS) is 10.4. The Bertz CT molecular complexity index is 689. The number of benzene rings is 2. The van der Waals surface area contributed by atoms with Gasteiger partial charge in [0.2, 0.25) is 0 Å². The lowest BCUT2D eigenvalue weighted by Crippen LogP contribution is -2.16. The Labute approximate surface area is 122 Å². The van der Waals surface area contributed by atoms with Crippen molar-refractivity contribution < 1.29 is 13.6 Å². The van der Waals surface area contributed by atoms with E-state index < -0.39 is 28.8 Å². The Morgan fingerprint density at radius 1 is 1.30 bits per heavy atom. The molecule has 0 radical (unpaired) electrons. The standard InChI is InChI=1S/C14H11BrF2N2O/c1-7-10(15)3-2-4-12(7)19-14(20)9-5-8(16)6-11(18)13(9)17/h2-6H,18H2,1H3,(H,19,20). The Morgan fingerprint density at radius 2 is 2.00 bits per heavy atom. The van der Waals surface area contributed by atoms with Crippen LogP contribution in [0.1, 0.15) is 15.9 Å². The molecule has 0 heterocycles. The van der Waals surface area contributed by atoms with E-state index in [1.54, 1.807) is 19.1 Å². The fourth-order valence-electron chi connectivity index (χ4n) is 1.71. The Morgan fingerprint density at radius 3 is 2.70 bits per heavy atom. The molecule has 20 heavy (non-hydrogen) atoms. The van der Waals surface area contributed by atoms with Crippen LogP contribution in [0.25, 0.3) is 0 Å². The van der Waals surface area contributed by atoms with Crippen LogP contribution in [-0.4, -0.2) is 5.91 Å². The summed E-state index contributed by atoms with van der Waals surface area (Å²) in [6, 6.07) is 6.85. The molecule has 0 aliphatic heterocycles. The number of nitrogens with one attached hydrogen (secondary N) is 1. The third-order valence-corrected chi connectivity index (χ3v) is 3.69. The first-order valence-corrected chi connectivity index (χ1v) is 6.50. The number of nitrogen functional groups attached to an aromatic ring is 1. The van der Waals surface area contributed by atoms with Crippen LogP contribution in [-0.2, 0) is 0 Å². The summed E-state index contributed by atoms with van der Waals surface area (Å²) in [7, 11) is 0. The number of hydrogen-bond acceptors (Lipinski definition) is 2. The average Bonchev–Trinajstić information content (AvgIpc) is 2.39. The summed E-state index contributed by atoms with van der Waals surface area (Å²) in [6.45, 7) is 1.79. The van der Waals surface area contributed by atoms with Gasteiger partial charge in [-0.15, -0.1) is 0 Å². The largest absolute Gasteiger partial charge is 0.396 e. The smallest absolute Gasteiger partial charge is 0.258 e. The molecule has 0 fully saturated rings. The summed E-state index contributed by atoms with van der Waals surface area (Å²) >= 11 is 3.32. The number of rotatable bonds is 2. The molecule has 2 aromatic carbocycles. The van der Waals surface area contributed by atoms with Crippen LogP contribution in [0.2, 0.25) is 0 Å². The topological polar surface area (TPSA) is 55.1 Å². The van der Waals surface area contributed by atoms with E-state index in [1.807, 2.05) is 6.07 Å². The van der Waals surface area contributed by atoms with Crippen LogP contribution in [0.5, 0.6) is 0 Å². The van der Waals surface area contributed by atoms with Gasteiger partial charge in [-0.25, -0.2) is 8.78 Å². The lowest BCUT2D eigenvalue weighted by atomic mass is 10.1. The van der Waals surface area contributed by atoms with Crippen molar-refractivity contribution >= 4 is 33.2 Å². The summed E-state index contributed by atoms with van der Waals surface area (Å²) in [5.74, 6) is -2.45. The van der Waals surface area contributed by atoms with Crippen molar-refractivity contribution in [2.75, 3.05) is 11.1 Å². The number of nitrogens with two attached hydrogens (primary N) is 1. The molecule has 2 aromatic rings. The second kappa shape index (κ2) is 5.58. The summed E-state index contributed by atoms with van der Waals surface area (Å²) in [6.07, 6.45) is 0. The van der Waals surface area contributed by atoms with Gasteiger partial charge in [0.15, 0.2) is 5.82 Å². The molecule has 0 saturated carbocycles. The maximum absolute atomic E-state index is 13.8. The fraction of sp³-hybridized carbons (Fsp3) is 0.0714. The highest BCUT2D eigenvalue weighted by molar-refractivity contribution is 9.10. The lowest BCUT2D eigenvalue weighted by molar-refractivity contribution is 0.102. The minimum Gasteiger partial charge on any atom is -0.396 e. The predicted molar refractivity (Wildman–Crippen MR) is 77.6 cm³/mol. The zero-order chi connectivity index (χ0) is 14.9. The second-order valence-electron chi connectivity index (χ2n) is 4.22. The molecule has 0 bridgehead atoms. The van der Waals surface area contributed by atoms with E-state index >= 15 is 0 Å². The molecule has 2 rings (SSSR count). The molecule has 0 atom stereocenters. The quantitative estimate of drug-likeness (QED) is 0.815. The summed E-state index contributed by atoms with van der Waals surface area (Å²) < 4.78 is 27.8. The van der Waals surface area contributed by atoms with Gasteiger partial charge < -0.3 is 11.1 Å². The highest BCUT2D eigenvalue weighted by atomic mass is 79.9. The minimum atomic E-state index is -0.934. The average molecular weight is 341 g/mol. The van der Waals surface area contributed by atoms with Crippen molar-refractivity contribution in [3.8, 4) is 0 Å². The SMILES string of the molecule is Cc1c(Br)cccc1NC(=O)c1cc(F)cc(N)c1F. The van der Waals surface area contributed by atoms with Crippen molar-refractivity contribution in [3.63, 3.8) is 0 Å². The van der Waals surface area contributed by atoms with E-state index in [9.17, 15) is 13.6 Å².